The Bertz CT molecular complexity index is 660. The van der Waals surface area contributed by atoms with Gasteiger partial charge in [-0.1, -0.05) is 90.4 Å². The van der Waals surface area contributed by atoms with Crippen LogP contribution in [0.15, 0.2) is 0 Å². The Morgan fingerprint density at radius 2 is 1.18 bits per heavy atom. The van der Waals surface area contributed by atoms with Gasteiger partial charge >= 0.3 is 19.8 Å². The zero-order valence-electron chi connectivity index (χ0n) is 23.5. The molecule has 3 N–H and O–H groups in total. The van der Waals surface area contributed by atoms with Gasteiger partial charge in [0, 0.05) is 32.2 Å². The number of unbranched alkanes of at least 4 members (excludes halogenated alkanes) is 13. The smallest absolute Gasteiger partial charge is 0.472 e. The van der Waals surface area contributed by atoms with Crippen LogP contribution in [-0.2, 0) is 32.7 Å². The van der Waals surface area contributed by atoms with Crippen LogP contribution < -0.4 is 5.32 Å². The number of hydrogen-bond acceptors (Lipinski definition) is 7. The first kappa shape index (κ1) is 36.5. The van der Waals surface area contributed by atoms with E-state index in [2.05, 4.69) is 12.2 Å². The Hall–Kier alpha value is -1.48. The Morgan fingerprint density at radius 3 is 1.74 bits per heavy atom. The van der Waals surface area contributed by atoms with Crippen LogP contribution in [0.2, 0.25) is 0 Å². The summed E-state index contributed by atoms with van der Waals surface area (Å²) in [4.78, 5) is 43.3. The standard InChI is InChI=1S/C27H52NO9P/c1-2-3-4-5-6-7-8-9-10-11-12-13-14-15-20-27(32)35-22-17-23-36-38(33,34)37-24-21-28-25(29)18-16-19-26(30)31/h2-24H2,1H3,(H,28,29)(H,30,31)(H,33,34). The van der Waals surface area contributed by atoms with Gasteiger partial charge in [0.1, 0.15) is 0 Å². The van der Waals surface area contributed by atoms with Crippen molar-refractivity contribution in [3.63, 3.8) is 0 Å². The van der Waals surface area contributed by atoms with Gasteiger partial charge in [-0.05, 0) is 12.8 Å². The van der Waals surface area contributed by atoms with Crippen molar-refractivity contribution >= 4 is 25.7 Å². The molecule has 11 heteroatoms. The molecular weight excluding hydrogens is 513 g/mol. The molecule has 0 heterocycles. The lowest BCUT2D eigenvalue weighted by Crippen LogP contribution is -2.26. The maximum Gasteiger partial charge on any atom is 0.472 e. The number of carboxylic acid groups (broad SMARTS) is 1. The number of ether oxygens (including phenoxy) is 1. The Morgan fingerprint density at radius 1 is 0.658 bits per heavy atom. The van der Waals surface area contributed by atoms with Gasteiger partial charge in [0.15, 0.2) is 0 Å². The normalized spacial score (nSPS) is 12.7. The fraction of sp³-hybridized carbons (Fsp3) is 0.889. The molecule has 1 amide bonds. The number of carbonyl (C=O) groups is 3. The van der Waals surface area contributed by atoms with E-state index in [-0.39, 0.29) is 63.9 Å². The number of hydrogen-bond donors (Lipinski definition) is 3. The van der Waals surface area contributed by atoms with Gasteiger partial charge in [-0.3, -0.25) is 23.4 Å². The molecule has 0 saturated heterocycles. The fourth-order valence-corrected chi connectivity index (χ4v) is 4.59. The number of nitrogens with one attached hydrogen (secondary N) is 1. The minimum Gasteiger partial charge on any atom is -0.481 e. The van der Waals surface area contributed by atoms with Gasteiger partial charge in [0.05, 0.1) is 19.8 Å². The number of carbonyl (C=O) groups excluding carboxylic acids is 2. The van der Waals surface area contributed by atoms with Crippen LogP contribution in [0, 0.1) is 0 Å². The third-order valence-electron chi connectivity index (χ3n) is 6.01. The summed E-state index contributed by atoms with van der Waals surface area (Å²) in [5, 5.41) is 11.0. The van der Waals surface area contributed by atoms with E-state index in [1.54, 1.807) is 0 Å². The first-order valence-electron chi connectivity index (χ1n) is 14.5. The van der Waals surface area contributed by atoms with Gasteiger partial charge < -0.3 is 20.1 Å². The summed E-state index contributed by atoms with van der Waals surface area (Å²) in [5.74, 6) is -1.61. The molecule has 0 spiro atoms. The van der Waals surface area contributed by atoms with E-state index in [9.17, 15) is 23.8 Å². The van der Waals surface area contributed by atoms with E-state index in [1.165, 1.54) is 70.6 Å². The SMILES string of the molecule is CCCCCCCCCCCCCCCCC(=O)OCCCOP(=O)(O)OCCNC(=O)CCCC(=O)O. The number of aliphatic carboxylic acids is 1. The van der Waals surface area contributed by atoms with Crippen molar-refractivity contribution in [3.05, 3.63) is 0 Å². The molecule has 0 rings (SSSR count). The van der Waals surface area contributed by atoms with E-state index in [0.717, 1.165) is 19.3 Å². The first-order valence-corrected chi connectivity index (χ1v) is 16.0. The van der Waals surface area contributed by atoms with Crippen molar-refractivity contribution < 1.29 is 42.7 Å². The lowest BCUT2D eigenvalue weighted by molar-refractivity contribution is -0.144. The molecule has 38 heavy (non-hydrogen) atoms. The first-order chi connectivity index (χ1) is 18.3. The van der Waals surface area contributed by atoms with Gasteiger partial charge in [0.25, 0.3) is 0 Å². The highest BCUT2D eigenvalue weighted by atomic mass is 31.2. The fourth-order valence-electron chi connectivity index (χ4n) is 3.84. The molecule has 0 aromatic rings. The molecule has 0 saturated carbocycles. The number of phosphoric acid groups is 1. The number of carboxylic acids is 1. The van der Waals surface area contributed by atoms with Gasteiger partial charge in [-0.25, -0.2) is 4.57 Å². The number of amides is 1. The quantitative estimate of drug-likeness (QED) is 0.0565. The van der Waals surface area contributed by atoms with Crippen LogP contribution >= 0.6 is 7.82 Å². The van der Waals surface area contributed by atoms with E-state index in [4.69, 9.17) is 18.9 Å². The van der Waals surface area contributed by atoms with Crippen molar-refractivity contribution in [1.82, 2.24) is 5.32 Å². The average Bonchev–Trinajstić information content (AvgIpc) is 2.86. The molecule has 1 atom stereocenters. The molecule has 0 aliphatic carbocycles. The summed E-state index contributed by atoms with van der Waals surface area (Å²) in [6.45, 7) is 2.01. The van der Waals surface area contributed by atoms with Crippen molar-refractivity contribution in [3.8, 4) is 0 Å². The van der Waals surface area contributed by atoms with E-state index >= 15 is 0 Å². The predicted octanol–water partition coefficient (Wildman–Crippen LogP) is 6.30. The second kappa shape index (κ2) is 25.8. The highest BCUT2D eigenvalue weighted by molar-refractivity contribution is 7.47. The highest BCUT2D eigenvalue weighted by Gasteiger charge is 2.20. The molecule has 0 aromatic heterocycles. The predicted molar refractivity (Wildman–Crippen MR) is 147 cm³/mol. The molecule has 1 unspecified atom stereocenters. The zero-order valence-corrected chi connectivity index (χ0v) is 24.4. The Balaban J connectivity index is 3.48. The molecule has 0 aliphatic heterocycles. The van der Waals surface area contributed by atoms with Gasteiger partial charge in [-0.15, -0.1) is 0 Å². The molecular formula is C27H52NO9P. The van der Waals surface area contributed by atoms with Crippen LogP contribution in [0.5, 0.6) is 0 Å². The lowest BCUT2D eigenvalue weighted by atomic mass is 10.0. The minimum absolute atomic E-state index is 0.00329. The van der Waals surface area contributed by atoms with E-state index < -0.39 is 13.8 Å². The molecule has 0 aliphatic rings. The van der Waals surface area contributed by atoms with Crippen molar-refractivity contribution in [2.45, 2.75) is 129 Å². The number of phosphoric ester groups is 1. The summed E-state index contributed by atoms with van der Waals surface area (Å²) in [6.07, 6.45) is 18.4. The summed E-state index contributed by atoms with van der Waals surface area (Å²) >= 11 is 0. The number of esters is 1. The average molecular weight is 566 g/mol. The second-order valence-corrected chi connectivity index (χ2v) is 11.1. The summed E-state index contributed by atoms with van der Waals surface area (Å²) < 4.78 is 26.5. The molecule has 0 aromatic carbocycles. The Labute approximate surface area is 229 Å². The van der Waals surface area contributed by atoms with E-state index in [1.807, 2.05) is 0 Å². The van der Waals surface area contributed by atoms with Crippen LogP contribution in [0.1, 0.15) is 129 Å². The maximum atomic E-state index is 11.8. The van der Waals surface area contributed by atoms with Crippen LogP contribution in [0.3, 0.4) is 0 Å². The van der Waals surface area contributed by atoms with Crippen molar-refractivity contribution in [2.24, 2.45) is 0 Å². The van der Waals surface area contributed by atoms with Crippen LogP contribution in [0.4, 0.5) is 0 Å². The van der Waals surface area contributed by atoms with E-state index in [0.29, 0.717) is 6.42 Å². The monoisotopic (exact) mass is 565 g/mol. The van der Waals surface area contributed by atoms with Crippen molar-refractivity contribution in [1.29, 1.82) is 0 Å². The molecule has 10 nitrogen and oxygen atoms in total. The largest absolute Gasteiger partial charge is 0.481 e. The van der Waals surface area contributed by atoms with Gasteiger partial charge in [0.2, 0.25) is 5.91 Å². The Kier molecular flexibility index (Phi) is 24.8. The zero-order chi connectivity index (χ0) is 28.3. The summed E-state index contributed by atoms with van der Waals surface area (Å²) in [5.41, 5.74) is 0. The highest BCUT2D eigenvalue weighted by Crippen LogP contribution is 2.42. The molecule has 224 valence electrons. The minimum atomic E-state index is -4.27. The summed E-state index contributed by atoms with van der Waals surface area (Å²) in [7, 11) is -4.27. The lowest BCUT2D eigenvalue weighted by Gasteiger charge is -2.12. The molecule has 0 bridgehead atoms. The second-order valence-electron chi connectivity index (χ2n) is 9.65. The van der Waals surface area contributed by atoms with Crippen molar-refractivity contribution in [2.75, 3.05) is 26.4 Å². The topological polar surface area (TPSA) is 148 Å². The molecule has 0 fully saturated rings. The maximum absolute atomic E-state index is 11.8. The van der Waals surface area contributed by atoms with Gasteiger partial charge in [-0.2, -0.15) is 0 Å². The third kappa shape index (κ3) is 27.6. The molecule has 0 radical (unpaired) electrons. The third-order valence-corrected chi connectivity index (χ3v) is 7.03. The number of rotatable bonds is 28. The van der Waals surface area contributed by atoms with Crippen LogP contribution in [-0.4, -0.2) is 54.2 Å². The summed E-state index contributed by atoms with van der Waals surface area (Å²) in [6, 6.07) is 0. The van der Waals surface area contributed by atoms with Crippen LogP contribution in [0.25, 0.3) is 0 Å².